The summed E-state index contributed by atoms with van der Waals surface area (Å²) in [5.41, 5.74) is -1.57. The topological polar surface area (TPSA) is 132 Å². The monoisotopic (exact) mass is 547 g/mol. The van der Waals surface area contributed by atoms with Gasteiger partial charge in [-0.15, -0.1) is 0 Å². The lowest BCUT2D eigenvalue weighted by molar-refractivity contribution is -0.114. The van der Waals surface area contributed by atoms with Crippen LogP contribution in [0.5, 0.6) is 0 Å². The van der Waals surface area contributed by atoms with Crippen LogP contribution in [-0.4, -0.2) is 38.8 Å². The number of alkyl halides is 3. The minimum Gasteiger partial charge on any atom is -0.462 e. The summed E-state index contributed by atoms with van der Waals surface area (Å²) in [4.78, 5) is 24.8. The first-order valence-electron chi connectivity index (χ1n) is 11.1. The van der Waals surface area contributed by atoms with Gasteiger partial charge in [-0.05, 0) is 61.0 Å². The lowest BCUT2D eigenvalue weighted by Crippen LogP contribution is -2.25. The molecule has 1 aromatic heterocycles. The molecule has 0 radical (unpaired) electrons. The molecule has 0 saturated heterocycles. The summed E-state index contributed by atoms with van der Waals surface area (Å²) in [6.45, 7) is 2.11. The maximum absolute atomic E-state index is 13.8. The number of carbonyl (C=O) groups excluding carboxylic acids is 2. The van der Waals surface area contributed by atoms with E-state index in [0.717, 1.165) is 30.3 Å². The summed E-state index contributed by atoms with van der Waals surface area (Å²) in [6, 6.07) is 13.5. The smallest absolute Gasteiger partial charge is 0.435 e. The molecule has 0 fully saturated rings. The van der Waals surface area contributed by atoms with Crippen LogP contribution in [0.3, 0.4) is 0 Å². The van der Waals surface area contributed by atoms with Gasteiger partial charge in [-0.3, -0.25) is 4.79 Å². The Morgan fingerprint density at radius 3 is 2.47 bits per heavy atom. The van der Waals surface area contributed by atoms with E-state index < -0.39 is 39.4 Å². The van der Waals surface area contributed by atoms with Crippen molar-refractivity contribution in [2.75, 3.05) is 11.6 Å². The molecule has 0 atom stereocenters. The average Bonchev–Trinajstić information content (AvgIpc) is 3.47. The zero-order chi connectivity index (χ0) is 27.7. The highest BCUT2D eigenvalue weighted by Crippen LogP contribution is 2.34. The van der Waals surface area contributed by atoms with Crippen LogP contribution in [0.2, 0.25) is 0 Å². The Bertz CT molecular complexity index is 1560. The lowest BCUT2D eigenvalue weighted by atomic mass is 10.1. The molecule has 13 heteroatoms. The molecule has 198 valence electrons. The van der Waals surface area contributed by atoms with Gasteiger partial charge < -0.3 is 9.15 Å². The number of primary sulfonamides is 1. The summed E-state index contributed by atoms with van der Waals surface area (Å²) < 4.78 is 74.9. The number of carbonyl (C=O) groups is 2. The molecule has 0 saturated carbocycles. The number of furan rings is 1. The summed E-state index contributed by atoms with van der Waals surface area (Å²) in [5, 5.41) is 8.98. The number of benzene rings is 2. The van der Waals surface area contributed by atoms with Crippen LogP contribution in [0.25, 0.3) is 17.4 Å². The van der Waals surface area contributed by atoms with Gasteiger partial charge in [0.2, 0.25) is 10.0 Å². The molecule has 4 rings (SSSR count). The van der Waals surface area contributed by atoms with E-state index in [4.69, 9.17) is 14.3 Å². The van der Waals surface area contributed by atoms with Gasteiger partial charge in [-0.2, -0.15) is 23.3 Å². The van der Waals surface area contributed by atoms with Crippen molar-refractivity contribution < 1.29 is 40.3 Å². The fourth-order valence-corrected chi connectivity index (χ4v) is 4.03. The molecule has 1 aliphatic rings. The van der Waals surface area contributed by atoms with Crippen molar-refractivity contribution in [1.29, 1.82) is 0 Å². The zero-order valence-corrected chi connectivity index (χ0v) is 20.5. The Hall–Kier alpha value is -4.23. The summed E-state index contributed by atoms with van der Waals surface area (Å²) in [5.74, 6) is -1.44. The Morgan fingerprint density at radius 1 is 1.13 bits per heavy atom. The highest BCUT2D eigenvalue weighted by molar-refractivity contribution is 7.89. The number of sulfonamides is 1. The third-order valence-electron chi connectivity index (χ3n) is 5.29. The van der Waals surface area contributed by atoms with E-state index in [-0.39, 0.29) is 34.3 Å². The normalized spacial score (nSPS) is 15.2. The molecular formula is C25H20F3N3O6S. The maximum Gasteiger partial charge on any atom is 0.435 e. The second kappa shape index (κ2) is 10.3. The van der Waals surface area contributed by atoms with Crippen molar-refractivity contribution in [2.45, 2.75) is 24.4 Å². The number of anilines is 1. The Balaban J connectivity index is 1.65. The van der Waals surface area contributed by atoms with E-state index in [0.29, 0.717) is 17.0 Å². The number of halogens is 3. The van der Waals surface area contributed by atoms with E-state index in [1.807, 2.05) is 6.92 Å². The summed E-state index contributed by atoms with van der Waals surface area (Å²) >= 11 is 0. The maximum atomic E-state index is 13.8. The van der Waals surface area contributed by atoms with E-state index in [9.17, 15) is 31.2 Å². The van der Waals surface area contributed by atoms with E-state index in [2.05, 4.69) is 5.10 Å². The van der Waals surface area contributed by atoms with Gasteiger partial charge >= 0.3 is 12.1 Å². The first-order valence-corrected chi connectivity index (χ1v) is 12.7. The van der Waals surface area contributed by atoms with Gasteiger partial charge in [0.1, 0.15) is 11.5 Å². The molecule has 38 heavy (non-hydrogen) atoms. The van der Waals surface area contributed by atoms with Crippen LogP contribution in [0, 0.1) is 0 Å². The number of amides is 1. The quantitative estimate of drug-likeness (QED) is 0.342. The number of ether oxygens (including phenoxy) is 1. The van der Waals surface area contributed by atoms with Gasteiger partial charge in [-0.1, -0.05) is 19.1 Å². The van der Waals surface area contributed by atoms with Gasteiger partial charge in [0.05, 0.1) is 28.3 Å². The van der Waals surface area contributed by atoms with Gasteiger partial charge in [0.25, 0.3) is 5.91 Å². The molecule has 1 amide bonds. The van der Waals surface area contributed by atoms with E-state index >= 15 is 0 Å². The third kappa shape index (κ3) is 5.68. The average molecular weight is 548 g/mol. The van der Waals surface area contributed by atoms with Crippen molar-refractivity contribution in [2.24, 2.45) is 10.2 Å². The largest absolute Gasteiger partial charge is 0.462 e. The molecule has 1 aliphatic heterocycles. The minimum atomic E-state index is -4.97. The molecule has 3 aromatic rings. The van der Waals surface area contributed by atoms with Crippen LogP contribution < -0.4 is 10.1 Å². The van der Waals surface area contributed by atoms with Gasteiger partial charge in [-0.25, -0.2) is 18.4 Å². The van der Waals surface area contributed by atoms with Crippen molar-refractivity contribution in [3.63, 3.8) is 0 Å². The molecule has 9 nitrogen and oxygen atoms in total. The summed E-state index contributed by atoms with van der Waals surface area (Å²) in [7, 11) is -4.04. The predicted molar refractivity (Wildman–Crippen MR) is 131 cm³/mol. The number of nitrogens with zero attached hydrogens (tertiary/aromatic N) is 2. The second-order valence-corrected chi connectivity index (χ2v) is 9.64. The predicted octanol–water partition coefficient (Wildman–Crippen LogP) is 4.51. The highest BCUT2D eigenvalue weighted by Gasteiger charge is 2.47. The fraction of sp³-hybridized carbons (Fsp3) is 0.160. The zero-order valence-electron chi connectivity index (χ0n) is 19.7. The Morgan fingerprint density at radius 2 is 1.84 bits per heavy atom. The standard InChI is InChI=1S/C25H20F3N3O6S/c1-2-12-36-24(33)16-5-3-4-15(13-16)21-11-8-18(37-21)14-20-22(25(26,27)28)30-31(23(20)32)17-6-9-19(10-7-17)38(29,34)35/h3-11,13-14H,2,12H2,1H3,(H2,29,34,35)/b20-14-. The first kappa shape index (κ1) is 26.8. The molecule has 2 aromatic carbocycles. The molecular weight excluding hydrogens is 527 g/mol. The third-order valence-corrected chi connectivity index (χ3v) is 6.22. The number of hydrogen-bond donors (Lipinski definition) is 1. The molecule has 2 heterocycles. The first-order chi connectivity index (χ1) is 17.9. The van der Waals surface area contributed by atoms with Crippen LogP contribution in [0.15, 0.2) is 80.7 Å². The van der Waals surface area contributed by atoms with Crippen LogP contribution in [0.4, 0.5) is 18.9 Å². The number of rotatable bonds is 7. The molecule has 2 N–H and O–H groups in total. The molecule has 0 aliphatic carbocycles. The fourth-order valence-electron chi connectivity index (χ4n) is 3.51. The van der Waals surface area contributed by atoms with Crippen molar-refractivity contribution in [1.82, 2.24) is 0 Å². The molecule has 0 bridgehead atoms. The van der Waals surface area contributed by atoms with Gasteiger partial charge in [0, 0.05) is 5.56 Å². The second-order valence-electron chi connectivity index (χ2n) is 8.08. The summed E-state index contributed by atoms with van der Waals surface area (Å²) in [6.07, 6.45) is -3.41. The van der Waals surface area contributed by atoms with Gasteiger partial charge in [0.15, 0.2) is 5.71 Å². The number of hydrogen-bond acceptors (Lipinski definition) is 7. The van der Waals surface area contributed by atoms with E-state index in [1.54, 1.807) is 18.2 Å². The van der Waals surface area contributed by atoms with E-state index in [1.165, 1.54) is 18.2 Å². The Kier molecular flexibility index (Phi) is 7.24. The van der Waals surface area contributed by atoms with Crippen molar-refractivity contribution in [3.05, 3.63) is 77.6 Å². The van der Waals surface area contributed by atoms with Crippen molar-refractivity contribution >= 4 is 39.4 Å². The highest BCUT2D eigenvalue weighted by atomic mass is 32.2. The molecule has 0 unspecified atom stereocenters. The Labute approximate surface area is 215 Å². The van der Waals surface area contributed by atoms with Crippen molar-refractivity contribution in [3.8, 4) is 11.3 Å². The number of nitrogens with two attached hydrogens (primary N) is 1. The van der Waals surface area contributed by atoms with Crippen LogP contribution in [0.1, 0.15) is 29.5 Å². The van der Waals surface area contributed by atoms with Crippen LogP contribution >= 0.6 is 0 Å². The molecule has 0 spiro atoms. The minimum absolute atomic E-state index is 0.0642. The lowest BCUT2D eigenvalue weighted by Gasteiger charge is -2.11. The number of esters is 1. The number of hydrazone groups is 1. The SMILES string of the molecule is CCCOC(=O)c1cccc(-c2ccc(/C=C3\C(=O)N(c4ccc(S(N)(=O)=O)cc4)N=C3C(F)(F)F)o2)c1. The van der Waals surface area contributed by atoms with Crippen LogP contribution in [-0.2, 0) is 19.6 Å².